The summed E-state index contributed by atoms with van der Waals surface area (Å²) in [5.74, 6) is 5.60. The summed E-state index contributed by atoms with van der Waals surface area (Å²) < 4.78 is 0. The molecule has 0 aromatic carbocycles. The Morgan fingerprint density at radius 1 is 1.71 bits per heavy atom. The number of nitrogens with two attached hydrogens (primary N) is 2. The lowest BCUT2D eigenvalue weighted by Gasteiger charge is -1.99. The SMILES string of the molecule is N#Cc1cc(CSC(N)=NN)ccn1. The molecule has 0 amide bonds. The van der Waals surface area contributed by atoms with E-state index in [0.29, 0.717) is 16.6 Å². The average molecular weight is 207 g/mol. The first-order valence-corrected chi connectivity index (χ1v) is 4.76. The Hall–Kier alpha value is -1.74. The van der Waals surface area contributed by atoms with Crippen LogP contribution < -0.4 is 11.6 Å². The molecule has 0 unspecified atom stereocenters. The van der Waals surface area contributed by atoms with E-state index in [-0.39, 0.29) is 0 Å². The van der Waals surface area contributed by atoms with E-state index in [4.69, 9.17) is 16.8 Å². The Bertz CT molecular complexity index is 382. The number of amidine groups is 1. The van der Waals surface area contributed by atoms with Crippen LogP contribution in [0.1, 0.15) is 11.3 Å². The van der Waals surface area contributed by atoms with Gasteiger partial charge in [-0.05, 0) is 17.7 Å². The second kappa shape index (κ2) is 5.09. The zero-order valence-electron chi connectivity index (χ0n) is 7.34. The lowest BCUT2D eigenvalue weighted by atomic mass is 10.2. The Kier molecular flexibility index (Phi) is 3.76. The third-order valence-electron chi connectivity index (χ3n) is 1.45. The highest BCUT2D eigenvalue weighted by Crippen LogP contribution is 2.11. The normalized spacial score (nSPS) is 10.9. The van der Waals surface area contributed by atoms with E-state index in [0.717, 1.165) is 5.56 Å². The van der Waals surface area contributed by atoms with Crippen molar-refractivity contribution in [3.8, 4) is 6.07 Å². The lowest BCUT2D eigenvalue weighted by molar-refractivity contribution is 1.22. The van der Waals surface area contributed by atoms with Crippen molar-refractivity contribution in [3.05, 3.63) is 29.6 Å². The topological polar surface area (TPSA) is 101 Å². The Morgan fingerprint density at radius 3 is 3.14 bits per heavy atom. The summed E-state index contributed by atoms with van der Waals surface area (Å²) in [6.45, 7) is 0. The van der Waals surface area contributed by atoms with Gasteiger partial charge in [0.25, 0.3) is 0 Å². The first-order chi connectivity index (χ1) is 6.76. The molecule has 1 heterocycles. The minimum absolute atomic E-state index is 0.320. The summed E-state index contributed by atoms with van der Waals surface area (Å²) in [5, 5.41) is 12.2. The first-order valence-electron chi connectivity index (χ1n) is 3.77. The highest BCUT2D eigenvalue weighted by molar-refractivity contribution is 8.13. The van der Waals surface area contributed by atoms with Crippen LogP contribution in [0.2, 0.25) is 0 Å². The lowest BCUT2D eigenvalue weighted by Crippen LogP contribution is -2.09. The van der Waals surface area contributed by atoms with Crippen molar-refractivity contribution in [1.82, 2.24) is 4.98 Å². The smallest absolute Gasteiger partial charge is 0.177 e. The second-order valence-corrected chi connectivity index (χ2v) is 3.41. The number of hydrogen-bond donors (Lipinski definition) is 2. The number of nitriles is 1. The molecule has 4 N–H and O–H groups in total. The maximum Gasteiger partial charge on any atom is 0.177 e. The Morgan fingerprint density at radius 2 is 2.50 bits per heavy atom. The molecule has 0 aliphatic heterocycles. The third-order valence-corrected chi connectivity index (χ3v) is 2.33. The molecular formula is C8H9N5S. The van der Waals surface area contributed by atoms with E-state index in [1.165, 1.54) is 11.8 Å². The van der Waals surface area contributed by atoms with Crippen LogP contribution >= 0.6 is 11.8 Å². The molecule has 0 atom stereocenters. The number of thioether (sulfide) groups is 1. The highest BCUT2D eigenvalue weighted by Gasteiger charge is 1.98. The van der Waals surface area contributed by atoms with Gasteiger partial charge >= 0.3 is 0 Å². The average Bonchev–Trinajstić information content (AvgIpc) is 2.26. The van der Waals surface area contributed by atoms with Gasteiger partial charge in [0.1, 0.15) is 11.8 Å². The predicted octanol–water partition coefficient (Wildman–Crippen LogP) is 0.375. The van der Waals surface area contributed by atoms with Gasteiger partial charge < -0.3 is 11.6 Å². The van der Waals surface area contributed by atoms with E-state index in [9.17, 15) is 0 Å². The van der Waals surface area contributed by atoms with E-state index >= 15 is 0 Å². The van der Waals surface area contributed by atoms with Crippen LogP contribution in [0.15, 0.2) is 23.4 Å². The van der Waals surface area contributed by atoms with Crippen molar-refractivity contribution in [2.45, 2.75) is 5.75 Å². The molecule has 0 aliphatic rings. The van der Waals surface area contributed by atoms with Gasteiger partial charge in [0.15, 0.2) is 5.17 Å². The maximum absolute atomic E-state index is 8.60. The fraction of sp³-hybridized carbons (Fsp3) is 0.125. The van der Waals surface area contributed by atoms with Crippen LogP contribution in [-0.4, -0.2) is 10.2 Å². The molecule has 0 spiro atoms. The van der Waals surface area contributed by atoms with Gasteiger partial charge in [0, 0.05) is 11.9 Å². The van der Waals surface area contributed by atoms with Crippen LogP contribution in [-0.2, 0) is 5.75 Å². The zero-order valence-corrected chi connectivity index (χ0v) is 8.16. The van der Waals surface area contributed by atoms with E-state index < -0.39 is 0 Å². The van der Waals surface area contributed by atoms with Crippen molar-refractivity contribution in [3.63, 3.8) is 0 Å². The molecule has 0 fully saturated rings. The Balaban J connectivity index is 2.64. The predicted molar refractivity (Wildman–Crippen MR) is 56.1 cm³/mol. The van der Waals surface area contributed by atoms with E-state index in [2.05, 4.69) is 10.1 Å². The summed E-state index contributed by atoms with van der Waals surface area (Å²) in [7, 11) is 0. The van der Waals surface area contributed by atoms with Crippen LogP contribution in [0.5, 0.6) is 0 Å². The molecule has 1 aromatic heterocycles. The molecule has 0 saturated carbocycles. The summed E-state index contributed by atoms with van der Waals surface area (Å²) in [5.41, 5.74) is 6.76. The van der Waals surface area contributed by atoms with Gasteiger partial charge in [-0.15, -0.1) is 0 Å². The number of hydrogen-bond acceptors (Lipinski definition) is 5. The van der Waals surface area contributed by atoms with Gasteiger partial charge in [-0.25, -0.2) is 4.98 Å². The van der Waals surface area contributed by atoms with Gasteiger partial charge in [0.2, 0.25) is 0 Å². The summed E-state index contributed by atoms with van der Waals surface area (Å²) in [6.07, 6.45) is 1.59. The molecule has 0 saturated heterocycles. The molecule has 72 valence electrons. The van der Waals surface area contributed by atoms with Crippen LogP contribution in [0.3, 0.4) is 0 Å². The fourth-order valence-electron chi connectivity index (χ4n) is 0.820. The third kappa shape index (κ3) is 2.95. The van der Waals surface area contributed by atoms with Gasteiger partial charge in [-0.3, -0.25) is 0 Å². The molecule has 14 heavy (non-hydrogen) atoms. The summed E-state index contributed by atoms with van der Waals surface area (Å²) >= 11 is 1.31. The van der Waals surface area contributed by atoms with Crippen molar-refractivity contribution >= 4 is 16.9 Å². The van der Waals surface area contributed by atoms with Crippen molar-refractivity contribution in [2.24, 2.45) is 16.7 Å². The van der Waals surface area contributed by atoms with E-state index in [1.807, 2.05) is 12.1 Å². The molecule has 1 aromatic rings. The molecule has 0 bridgehead atoms. The van der Waals surface area contributed by atoms with Gasteiger partial charge in [-0.2, -0.15) is 10.4 Å². The highest BCUT2D eigenvalue weighted by atomic mass is 32.2. The first kappa shape index (κ1) is 10.3. The minimum Gasteiger partial charge on any atom is -0.377 e. The van der Waals surface area contributed by atoms with Gasteiger partial charge in [0.05, 0.1) is 0 Å². The van der Waals surface area contributed by atoms with Crippen molar-refractivity contribution in [2.75, 3.05) is 0 Å². The molecule has 6 heteroatoms. The second-order valence-electron chi connectivity index (χ2n) is 2.42. The van der Waals surface area contributed by atoms with Crippen molar-refractivity contribution in [1.29, 1.82) is 5.26 Å². The number of aromatic nitrogens is 1. The van der Waals surface area contributed by atoms with Crippen molar-refractivity contribution < 1.29 is 0 Å². The standard InChI is InChI=1S/C8H9N5S/c9-4-7-3-6(1-2-12-7)5-14-8(10)13-11/h1-3H,5,11H2,(H2,10,13). The van der Waals surface area contributed by atoms with Gasteiger partial charge in [-0.1, -0.05) is 11.8 Å². The number of rotatable bonds is 2. The van der Waals surface area contributed by atoms with E-state index in [1.54, 1.807) is 12.3 Å². The summed E-state index contributed by atoms with van der Waals surface area (Å²) in [6, 6.07) is 5.48. The van der Waals surface area contributed by atoms with Crippen LogP contribution in [0.4, 0.5) is 0 Å². The monoisotopic (exact) mass is 207 g/mol. The Labute approximate surface area is 85.8 Å². The quantitative estimate of drug-likeness (QED) is 0.316. The van der Waals surface area contributed by atoms with Crippen LogP contribution in [0.25, 0.3) is 0 Å². The molecule has 5 nitrogen and oxygen atoms in total. The molecule has 0 aliphatic carbocycles. The number of hydrazone groups is 1. The van der Waals surface area contributed by atoms with Crippen LogP contribution in [0, 0.1) is 11.3 Å². The number of nitrogens with zero attached hydrogens (tertiary/aromatic N) is 3. The fourth-order valence-corrected chi connectivity index (χ4v) is 1.39. The minimum atomic E-state index is 0.320. The molecule has 0 radical (unpaired) electrons. The summed E-state index contributed by atoms with van der Waals surface area (Å²) in [4.78, 5) is 3.85. The molecular weight excluding hydrogens is 198 g/mol. The number of pyridine rings is 1. The largest absolute Gasteiger partial charge is 0.377 e. The maximum atomic E-state index is 8.60. The molecule has 1 rings (SSSR count). The zero-order chi connectivity index (χ0) is 10.4.